The van der Waals surface area contributed by atoms with Gasteiger partial charge in [-0.1, -0.05) is 25.5 Å². The van der Waals surface area contributed by atoms with Gasteiger partial charge in [0, 0.05) is 6.54 Å². The van der Waals surface area contributed by atoms with Crippen LogP contribution in [0.5, 0.6) is 5.75 Å². The zero-order valence-corrected chi connectivity index (χ0v) is 8.69. The number of carbonyl (C=O) groups is 1. The van der Waals surface area contributed by atoms with E-state index in [1.807, 2.05) is 6.92 Å². The number of benzene rings is 1. The van der Waals surface area contributed by atoms with Crippen LogP contribution < -0.4 is 5.48 Å². The Morgan fingerprint density at radius 2 is 2.20 bits per heavy atom. The standard InChI is InChI=1S/C11H15NO3/c1-2-3-8-12-15-11(14)9-6-4-5-7-10(9)13/h4-7,12-13H,2-3,8H2,1H3. The van der Waals surface area contributed by atoms with E-state index in [1.165, 1.54) is 12.1 Å². The summed E-state index contributed by atoms with van der Waals surface area (Å²) in [5.74, 6) is -0.635. The highest BCUT2D eigenvalue weighted by Gasteiger charge is 2.11. The van der Waals surface area contributed by atoms with Crippen LogP contribution in [-0.4, -0.2) is 17.6 Å². The Kier molecular flexibility index (Phi) is 4.63. The summed E-state index contributed by atoms with van der Waals surface area (Å²) < 4.78 is 0. The zero-order chi connectivity index (χ0) is 11.1. The molecule has 0 aliphatic carbocycles. The third-order valence-corrected chi connectivity index (χ3v) is 1.92. The fourth-order valence-corrected chi connectivity index (χ4v) is 1.07. The lowest BCUT2D eigenvalue weighted by molar-refractivity contribution is 0.0249. The number of para-hydroxylation sites is 1. The van der Waals surface area contributed by atoms with Crippen molar-refractivity contribution in [3.8, 4) is 5.75 Å². The molecule has 0 aliphatic heterocycles. The number of nitrogens with one attached hydrogen (secondary N) is 1. The summed E-state index contributed by atoms with van der Waals surface area (Å²) in [6.07, 6.45) is 1.97. The fourth-order valence-electron chi connectivity index (χ4n) is 1.07. The average molecular weight is 209 g/mol. The predicted octanol–water partition coefficient (Wildman–Crippen LogP) is 1.85. The van der Waals surface area contributed by atoms with Crippen LogP contribution in [0.3, 0.4) is 0 Å². The number of unbranched alkanes of at least 4 members (excludes halogenated alkanes) is 1. The molecule has 0 spiro atoms. The topological polar surface area (TPSA) is 58.6 Å². The minimum absolute atomic E-state index is 0.0696. The molecule has 0 bridgehead atoms. The van der Waals surface area contributed by atoms with Crippen LogP contribution in [0.4, 0.5) is 0 Å². The van der Waals surface area contributed by atoms with Crippen molar-refractivity contribution in [3.05, 3.63) is 29.8 Å². The lowest BCUT2D eigenvalue weighted by atomic mass is 10.2. The quantitative estimate of drug-likeness (QED) is 0.574. The second-order valence-corrected chi connectivity index (χ2v) is 3.15. The van der Waals surface area contributed by atoms with Gasteiger partial charge in [0.1, 0.15) is 11.3 Å². The van der Waals surface area contributed by atoms with Crippen molar-refractivity contribution >= 4 is 5.97 Å². The Hall–Kier alpha value is -1.55. The Morgan fingerprint density at radius 3 is 2.87 bits per heavy atom. The van der Waals surface area contributed by atoms with E-state index in [1.54, 1.807) is 12.1 Å². The van der Waals surface area contributed by atoms with Crippen LogP contribution in [0.2, 0.25) is 0 Å². The molecule has 0 unspecified atom stereocenters. The van der Waals surface area contributed by atoms with Crippen LogP contribution in [0.25, 0.3) is 0 Å². The first-order valence-electron chi connectivity index (χ1n) is 4.97. The van der Waals surface area contributed by atoms with Gasteiger partial charge in [0.05, 0.1) is 0 Å². The first-order chi connectivity index (χ1) is 7.25. The number of rotatable bonds is 5. The van der Waals surface area contributed by atoms with E-state index in [9.17, 15) is 9.90 Å². The molecule has 0 fully saturated rings. The molecular weight excluding hydrogens is 194 g/mol. The number of hydroxylamine groups is 1. The maximum absolute atomic E-state index is 11.4. The van der Waals surface area contributed by atoms with Crippen LogP contribution >= 0.6 is 0 Å². The van der Waals surface area contributed by atoms with Crippen molar-refractivity contribution in [1.82, 2.24) is 5.48 Å². The highest BCUT2D eigenvalue weighted by molar-refractivity contribution is 5.92. The number of carbonyl (C=O) groups excluding carboxylic acids is 1. The van der Waals surface area contributed by atoms with Gasteiger partial charge in [0.15, 0.2) is 0 Å². The summed E-state index contributed by atoms with van der Waals surface area (Å²) in [5.41, 5.74) is 2.72. The van der Waals surface area contributed by atoms with Crippen molar-refractivity contribution in [3.63, 3.8) is 0 Å². The molecule has 0 aliphatic rings. The molecule has 15 heavy (non-hydrogen) atoms. The lowest BCUT2D eigenvalue weighted by Gasteiger charge is -2.05. The summed E-state index contributed by atoms with van der Waals surface area (Å²) in [7, 11) is 0. The summed E-state index contributed by atoms with van der Waals surface area (Å²) in [6, 6.07) is 6.28. The van der Waals surface area contributed by atoms with Crippen molar-refractivity contribution in [2.24, 2.45) is 0 Å². The molecule has 0 radical (unpaired) electrons. The Bertz CT molecular complexity index is 325. The molecule has 4 heteroatoms. The van der Waals surface area contributed by atoms with Gasteiger partial charge in [-0.3, -0.25) is 0 Å². The summed E-state index contributed by atoms with van der Waals surface area (Å²) in [4.78, 5) is 16.1. The largest absolute Gasteiger partial charge is 0.507 e. The maximum Gasteiger partial charge on any atom is 0.360 e. The second-order valence-electron chi connectivity index (χ2n) is 3.15. The summed E-state index contributed by atoms with van der Waals surface area (Å²) in [6.45, 7) is 2.67. The van der Waals surface area contributed by atoms with Gasteiger partial charge in [0.25, 0.3) is 0 Å². The van der Waals surface area contributed by atoms with E-state index in [4.69, 9.17) is 4.84 Å². The normalized spacial score (nSPS) is 9.93. The predicted molar refractivity (Wildman–Crippen MR) is 56.4 cm³/mol. The zero-order valence-electron chi connectivity index (χ0n) is 8.69. The second kappa shape index (κ2) is 6.03. The molecule has 0 amide bonds. The van der Waals surface area contributed by atoms with Gasteiger partial charge in [0.2, 0.25) is 0 Å². The molecule has 0 atom stereocenters. The van der Waals surface area contributed by atoms with E-state index < -0.39 is 5.97 Å². The molecule has 1 aromatic carbocycles. The molecule has 0 aromatic heterocycles. The SMILES string of the molecule is CCCCNOC(=O)c1ccccc1O. The first kappa shape index (κ1) is 11.5. The third-order valence-electron chi connectivity index (χ3n) is 1.92. The van der Waals surface area contributed by atoms with Crippen LogP contribution in [0.15, 0.2) is 24.3 Å². The highest BCUT2D eigenvalue weighted by atomic mass is 16.7. The number of hydrogen-bond acceptors (Lipinski definition) is 4. The number of hydrogen-bond donors (Lipinski definition) is 2. The van der Waals surface area contributed by atoms with Crippen LogP contribution in [-0.2, 0) is 4.84 Å². The summed E-state index contributed by atoms with van der Waals surface area (Å²) >= 11 is 0. The van der Waals surface area contributed by atoms with Crippen molar-refractivity contribution in [2.45, 2.75) is 19.8 Å². The van der Waals surface area contributed by atoms with E-state index >= 15 is 0 Å². The smallest absolute Gasteiger partial charge is 0.360 e. The minimum atomic E-state index is -0.566. The van der Waals surface area contributed by atoms with E-state index in [0.29, 0.717) is 6.54 Å². The number of phenols is 1. The van der Waals surface area contributed by atoms with E-state index in [-0.39, 0.29) is 11.3 Å². The molecule has 1 rings (SSSR count). The van der Waals surface area contributed by atoms with E-state index in [0.717, 1.165) is 12.8 Å². The molecular formula is C11H15NO3. The molecule has 2 N–H and O–H groups in total. The average Bonchev–Trinajstić information content (AvgIpc) is 2.25. The van der Waals surface area contributed by atoms with Crippen LogP contribution in [0.1, 0.15) is 30.1 Å². The molecule has 0 saturated heterocycles. The molecule has 0 heterocycles. The van der Waals surface area contributed by atoms with Crippen molar-refractivity contribution in [2.75, 3.05) is 6.54 Å². The minimum Gasteiger partial charge on any atom is -0.507 e. The molecule has 1 aromatic rings. The first-order valence-corrected chi connectivity index (χ1v) is 4.97. The van der Waals surface area contributed by atoms with Gasteiger partial charge >= 0.3 is 5.97 Å². The maximum atomic E-state index is 11.4. The molecule has 4 nitrogen and oxygen atoms in total. The van der Waals surface area contributed by atoms with Crippen LogP contribution in [0, 0.1) is 0 Å². The van der Waals surface area contributed by atoms with Crippen molar-refractivity contribution in [1.29, 1.82) is 0 Å². The lowest BCUT2D eigenvalue weighted by Crippen LogP contribution is -2.21. The van der Waals surface area contributed by atoms with E-state index in [2.05, 4.69) is 5.48 Å². The van der Waals surface area contributed by atoms with Gasteiger partial charge in [-0.15, -0.1) is 0 Å². The Morgan fingerprint density at radius 1 is 1.47 bits per heavy atom. The van der Waals surface area contributed by atoms with Gasteiger partial charge < -0.3 is 9.94 Å². The number of phenolic OH excluding ortho intramolecular Hbond substituents is 1. The Labute approximate surface area is 88.8 Å². The van der Waals surface area contributed by atoms with Gasteiger partial charge in [-0.25, -0.2) is 4.79 Å². The Balaban J connectivity index is 2.44. The molecule has 0 saturated carbocycles. The monoisotopic (exact) mass is 209 g/mol. The fraction of sp³-hybridized carbons (Fsp3) is 0.364. The third kappa shape index (κ3) is 3.59. The summed E-state index contributed by atoms with van der Waals surface area (Å²) in [5, 5.41) is 9.36. The van der Waals surface area contributed by atoms with Gasteiger partial charge in [-0.2, -0.15) is 5.48 Å². The van der Waals surface area contributed by atoms with Gasteiger partial charge in [-0.05, 0) is 18.6 Å². The highest BCUT2D eigenvalue weighted by Crippen LogP contribution is 2.15. The number of aromatic hydroxyl groups is 1. The molecule has 82 valence electrons. The van der Waals surface area contributed by atoms with Crippen molar-refractivity contribution < 1.29 is 14.7 Å².